The summed E-state index contributed by atoms with van der Waals surface area (Å²) < 4.78 is 40.1. The van der Waals surface area contributed by atoms with Crippen molar-refractivity contribution >= 4 is 23.2 Å². The van der Waals surface area contributed by atoms with E-state index in [4.69, 9.17) is 16.9 Å². The molecule has 18 heavy (non-hydrogen) atoms. The average molecular weight is 279 g/mol. The molecule has 1 aromatic carbocycles. The molecular weight excluding hydrogens is 273 g/mol. The van der Waals surface area contributed by atoms with Crippen molar-refractivity contribution < 1.29 is 22.7 Å². The number of benzene rings is 1. The zero-order valence-electron chi connectivity index (χ0n) is 8.71. The van der Waals surface area contributed by atoms with E-state index in [1.807, 2.05) is 0 Å². The number of hydrogen-bond acceptors (Lipinski definition) is 3. The molecule has 96 valence electrons. The lowest BCUT2D eigenvalue weighted by atomic mass is 10.3. The third kappa shape index (κ3) is 4.14. The second-order valence-electron chi connectivity index (χ2n) is 3.05. The highest BCUT2D eigenvalue weighted by atomic mass is 35.5. The highest BCUT2D eigenvalue weighted by Gasteiger charge is 2.33. The molecule has 0 aliphatic carbocycles. The number of amides is 1. The summed E-state index contributed by atoms with van der Waals surface area (Å²) in [5, 5.41) is 10.1. The van der Waals surface area contributed by atoms with Crippen molar-refractivity contribution in [1.29, 1.82) is 5.26 Å². The summed E-state index contributed by atoms with van der Waals surface area (Å²) in [6.45, 7) is 0. The molecule has 0 bridgehead atoms. The van der Waals surface area contributed by atoms with Crippen LogP contribution >= 0.6 is 11.6 Å². The van der Waals surface area contributed by atoms with Gasteiger partial charge in [-0.2, -0.15) is 5.26 Å². The van der Waals surface area contributed by atoms with Gasteiger partial charge in [-0.15, -0.1) is 13.2 Å². The molecule has 0 unspecified atom stereocenters. The Hall–Kier alpha value is -1.94. The van der Waals surface area contributed by atoms with Gasteiger partial charge in [-0.05, 0) is 12.1 Å². The smallest absolute Gasteiger partial charge is 0.402 e. The molecule has 0 atom stereocenters. The number of nitrogens with zero attached hydrogens (tertiary/aromatic N) is 1. The van der Waals surface area contributed by atoms with E-state index in [-0.39, 0.29) is 10.7 Å². The minimum Gasteiger partial charge on any atom is -0.402 e. The Morgan fingerprint density at radius 1 is 1.50 bits per heavy atom. The molecule has 0 fully saturated rings. The van der Waals surface area contributed by atoms with Crippen LogP contribution in [-0.2, 0) is 4.79 Å². The van der Waals surface area contributed by atoms with E-state index in [0.29, 0.717) is 0 Å². The topological polar surface area (TPSA) is 62.1 Å². The van der Waals surface area contributed by atoms with Gasteiger partial charge in [0.05, 0.1) is 16.8 Å². The minimum absolute atomic E-state index is 0.250. The maximum atomic E-state index is 12.1. The molecule has 0 aromatic heterocycles. The quantitative estimate of drug-likeness (QED) is 0.924. The largest absolute Gasteiger partial charge is 0.573 e. The molecular formula is C10H6ClF3N2O2. The van der Waals surface area contributed by atoms with Crippen LogP contribution in [0.5, 0.6) is 5.75 Å². The van der Waals surface area contributed by atoms with Crippen LogP contribution in [0.1, 0.15) is 6.42 Å². The summed E-state index contributed by atoms with van der Waals surface area (Å²) in [6, 6.07) is 5.27. The predicted octanol–water partition coefficient (Wildman–Crippen LogP) is 3.09. The number of carbonyl (C=O) groups is 1. The predicted molar refractivity (Wildman–Crippen MR) is 57.0 cm³/mol. The average Bonchev–Trinajstić information content (AvgIpc) is 2.22. The fourth-order valence-electron chi connectivity index (χ4n) is 1.09. The number of nitriles is 1. The lowest BCUT2D eigenvalue weighted by Crippen LogP contribution is -2.19. The van der Waals surface area contributed by atoms with Crippen molar-refractivity contribution in [2.45, 2.75) is 12.8 Å². The van der Waals surface area contributed by atoms with Gasteiger partial charge >= 0.3 is 6.36 Å². The molecule has 4 nitrogen and oxygen atoms in total. The fraction of sp³-hybridized carbons (Fsp3) is 0.200. The third-order valence-electron chi connectivity index (χ3n) is 1.70. The Labute approximate surface area is 105 Å². The molecule has 0 heterocycles. The number of halogens is 4. The van der Waals surface area contributed by atoms with Crippen molar-refractivity contribution in [1.82, 2.24) is 0 Å². The number of nitrogens with one attached hydrogen (secondary N) is 1. The van der Waals surface area contributed by atoms with Crippen molar-refractivity contribution in [3.8, 4) is 11.8 Å². The number of rotatable bonds is 3. The number of carbonyl (C=O) groups excluding carboxylic acids is 1. The molecule has 0 radical (unpaired) electrons. The van der Waals surface area contributed by atoms with Gasteiger partial charge in [-0.3, -0.25) is 4.79 Å². The lowest BCUT2D eigenvalue weighted by molar-refractivity contribution is -0.274. The van der Waals surface area contributed by atoms with Gasteiger partial charge < -0.3 is 10.1 Å². The highest BCUT2D eigenvalue weighted by molar-refractivity contribution is 6.32. The molecule has 0 aliphatic heterocycles. The van der Waals surface area contributed by atoms with E-state index in [9.17, 15) is 18.0 Å². The van der Waals surface area contributed by atoms with Gasteiger partial charge in [-0.1, -0.05) is 17.7 Å². The molecule has 0 saturated heterocycles. The normalized spacial score (nSPS) is 10.6. The first-order valence-corrected chi connectivity index (χ1v) is 4.92. The van der Waals surface area contributed by atoms with E-state index in [1.165, 1.54) is 18.2 Å². The molecule has 1 aromatic rings. The van der Waals surface area contributed by atoms with Crippen molar-refractivity contribution in [2.75, 3.05) is 5.32 Å². The Morgan fingerprint density at radius 2 is 2.17 bits per heavy atom. The monoisotopic (exact) mass is 278 g/mol. The van der Waals surface area contributed by atoms with E-state index in [2.05, 4.69) is 10.1 Å². The highest BCUT2D eigenvalue weighted by Crippen LogP contribution is 2.36. The molecule has 0 saturated carbocycles. The Kier molecular flexibility index (Phi) is 4.39. The van der Waals surface area contributed by atoms with Crippen molar-refractivity contribution in [3.05, 3.63) is 23.2 Å². The standard InChI is InChI=1S/C10H6ClF3N2O2/c11-6-2-1-3-7(16-8(17)4-5-15)9(6)18-10(12,13)14/h1-3H,4H2,(H,16,17). The second kappa shape index (κ2) is 5.60. The van der Waals surface area contributed by atoms with Crippen LogP contribution < -0.4 is 10.1 Å². The van der Waals surface area contributed by atoms with E-state index < -0.39 is 24.4 Å². The van der Waals surface area contributed by atoms with E-state index in [0.717, 1.165) is 0 Å². The van der Waals surface area contributed by atoms with Crippen LogP contribution in [0, 0.1) is 11.3 Å². The van der Waals surface area contributed by atoms with Crippen molar-refractivity contribution in [2.24, 2.45) is 0 Å². The van der Waals surface area contributed by atoms with Crippen LogP contribution in [-0.4, -0.2) is 12.3 Å². The van der Waals surface area contributed by atoms with E-state index in [1.54, 1.807) is 6.07 Å². The summed E-state index contributed by atoms with van der Waals surface area (Å²) >= 11 is 5.55. The summed E-state index contributed by atoms with van der Waals surface area (Å²) in [5.41, 5.74) is -0.250. The van der Waals surface area contributed by atoms with Crippen molar-refractivity contribution in [3.63, 3.8) is 0 Å². The maximum Gasteiger partial charge on any atom is 0.573 e. The maximum absolute atomic E-state index is 12.1. The minimum atomic E-state index is -4.93. The second-order valence-corrected chi connectivity index (χ2v) is 3.45. The van der Waals surface area contributed by atoms with Gasteiger partial charge in [-0.25, -0.2) is 0 Å². The van der Waals surface area contributed by atoms with Gasteiger partial charge in [0, 0.05) is 0 Å². The Morgan fingerprint density at radius 3 is 2.72 bits per heavy atom. The zero-order chi connectivity index (χ0) is 13.8. The lowest BCUT2D eigenvalue weighted by Gasteiger charge is -2.14. The Balaban J connectivity index is 3.01. The number of para-hydroxylation sites is 1. The first-order valence-electron chi connectivity index (χ1n) is 4.54. The summed E-state index contributed by atoms with van der Waals surface area (Å²) in [6.07, 6.45) is -5.42. The molecule has 0 aliphatic rings. The van der Waals surface area contributed by atoms with Crippen LogP contribution in [0.4, 0.5) is 18.9 Å². The summed E-state index contributed by atoms with van der Waals surface area (Å²) in [7, 11) is 0. The van der Waals surface area contributed by atoms with Crippen LogP contribution in [0.15, 0.2) is 18.2 Å². The van der Waals surface area contributed by atoms with Gasteiger partial charge in [0.25, 0.3) is 0 Å². The van der Waals surface area contributed by atoms with Crippen LogP contribution in [0.2, 0.25) is 5.02 Å². The number of hydrogen-bond donors (Lipinski definition) is 1. The Bertz CT molecular complexity index is 497. The van der Waals surface area contributed by atoms with Gasteiger partial charge in [0.15, 0.2) is 5.75 Å². The first kappa shape index (κ1) is 14.1. The van der Waals surface area contributed by atoms with Gasteiger partial charge in [0.2, 0.25) is 5.91 Å². The fourth-order valence-corrected chi connectivity index (χ4v) is 1.31. The van der Waals surface area contributed by atoms with Gasteiger partial charge in [0.1, 0.15) is 6.42 Å². The summed E-state index contributed by atoms with van der Waals surface area (Å²) in [5.74, 6) is -1.47. The SMILES string of the molecule is N#CCC(=O)Nc1cccc(Cl)c1OC(F)(F)F. The number of anilines is 1. The molecule has 0 spiro atoms. The molecule has 8 heteroatoms. The first-order chi connectivity index (χ1) is 8.33. The molecule has 1 rings (SSSR count). The summed E-state index contributed by atoms with van der Waals surface area (Å²) in [4.78, 5) is 11.1. The van der Waals surface area contributed by atoms with Crippen LogP contribution in [0.25, 0.3) is 0 Å². The zero-order valence-corrected chi connectivity index (χ0v) is 9.47. The third-order valence-corrected chi connectivity index (χ3v) is 2.00. The number of ether oxygens (including phenoxy) is 1. The molecule has 1 N–H and O–H groups in total. The van der Waals surface area contributed by atoms with E-state index >= 15 is 0 Å². The van der Waals surface area contributed by atoms with Crippen LogP contribution in [0.3, 0.4) is 0 Å². The molecule has 1 amide bonds. The number of alkyl halides is 3.